The maximum Gasteiger partial charge on any atom is 0.302 e. The van der Waals surface area contributed by atoms with Crippen molar-refractivity contribution in [1.82, 2.24) is 0 Å². The Morgan fingerprint density at radius 1 is 1.15 bits per heavy atom. The Balaban J connectivity index is 1.79. The van der Waals surface area contributed by atoms with E-state index < -0.39 is 4.75 Å². The van der Waals surface area contributed by atoms with E-state index in [1.165, 1.54) is 12.5 Å². The molecule has 148 valence electrons. The number of carbonyl (C=O) groups excluding carboxylic acids is 3. The van der Waals surface area contributed by atoms with Crippen molar-refractivity contribution in [2.45, 2.75) is 76.6 Å². The van der Waals surface area contributed by atoms with Gasteiger partial charge < -0.3 is 4.74 Å². The average molecular weight is 391 g/mol. The van der Waals surface area contributed by atoms with Crippen molar-refractivity contribution in [1.29, 1.82) is 0 Å². The van der Waals surface area contributed by atoms with Gasteiger partial charge in [-0.15, -0.1) is 11.8 Å². The van der Waals surface area contributed by atoms with E-state index in [1.54, 1.807) is 11.8 Å². The Bertz CT molecular complexity index is 743. The summed E-state index contributed by atoms with van der Waals surface area (Å²) in [5.41, 5.74) is 0.700. The monoisotopic (exact) mass is 390 g/mol. The van der Waals surface area contributed by atoms with Crippen molar-refractivity contribution in [3.63, 3.8) is 0 Å². The minimum Gasteiger partial charge on any atom is -0.462 e. The number of carbonyl (C=O) groups is 3. The molecule has 3 fully saturated rings. The predicted octanol–water partition coefficient (Wildman–Crippen LogP) is 4.11. The van der Waals surface area contributed by atoms with Crippen LogP contribution in [0.15, 0.2) is 11.6 Å². The third-order valence-electron chi connectivity index (χ3n) is 8.38. The standard InChI is InChI=1S/C22H30O4S/c1-13(23)26-19-8-7-16-17-6-5-14-11-15(24)9-10-21(14,3)22(17,27-4)18(25)12-20(16,19)2/h11,16-17,19H,5-10,12H2,1-4H3/t16-,17-,19?,20-,21-,22-/m0/s1. The fraction of sp³-hybridized carbons (Fsp3) is 0.773. The van der Waals surface area contributed by atoms with Crippen molar-refractivity contribution >= 4 is 29.3 Å². The summed E-state index contributed by atoms with van der Waals surface area (Å²) in [6.07, 6.45) is 9.30. The summed E-state index contributed by atoms with van der Waals surface area (Å²) < 4.78 is 5.22. The number of thioether (sulfide) groups is 1. The van der Waals surface area contributed by atoms with Gasteiger partial charge in [0.2, 0.25) is 0 Å². The van der Waals surface area contributed by atoms with Crippen LogP contribution in [-0.2, 0) is 19.1 Å². The van der Waals surface area contributed by atoms with E-state index in [1.807, 2.05) is 6.08 Å². The van der Waals surface area contributed by atoms with Gasteiger partial charge >= 0.3 is 5.97 Å². The van der Waals surface area contributed by atoms with Gasteiger partial charge in [-0.25, -0.2) is 0 Å². The van der Waals surface area contributed by atoms with Gasteiger partial charge in [0.15, 0.2) is 11.6 Å². The highest BCUT2D eigenvalue weighted by Crippen LogP contribution is 2.69. The maximum atomic E-state index is 13.8. The molecule has 4 aliphatic rings. The van der Waals surface area contributed by atoms with Gasteiger partial charge in [-0.05, 0) is 56.3 Å². The smallest absolute Gasteiger partial charge is 0.302 e. The van der Waals surface area contributed by atoms with Crippen molar-refractivity contribution in [2.75, 3.05) is 6.26 Å². The molecular weight excluding hydrogens is 360 g/mol. The van der Waals surface area contributed by atoms with Crippen molar-refractivity contribution < 1.29 is 19.1 Å². The second-order valence-corrected chi connectivity index (χ2v) is 10.5. The first-order valence-electron chi connectivity index (χ1n) is 10.2. The lowest BCUT2D eigenvalue weighted by Gasteiger charge is -2.63. The molecule has 0 spiro atoms. The summed E-state index contributed by atoms with van der Waals surface area (Å²) in [4.78, 5) is 37.5. The Morgan fingerprint density at radius 2 is 1.89 bits per heavy atom. The van der Waals surface area contributed by atoms with Crippen LogP contribution in [0.1, 0.15) is 65.7 Å². The number of hydrogen-bond donors (Lipinski definition) is 0. The average Bonchev–Trinajstić information content (AvgIpc) is 2.90. The second kappa shape index (κ2) is 6.20. The molecule has 0 N–H and O–H groups in total. The van der Waals surface area contributed by atoms with Gasteiger partial charge in [-0.3, -0.25) is 14.4 Å². The number of esters is 1. The number of rotatable bonds is 2. The number of fused-ring (bicyclic) bond motifs is 5. The molecule has 0 aromatic rings. The van der Waals surface area contributed by atoms with Crippen molar-refractivity contribution in [3.05, 3.63) is 11.6 Å². The summed E-state index contributed by atoms with van der Waals surface area (Å²) in [7, 11) is 0. The van der Waals surface area contributed by atoms with Gasteiger partial charge in [0.1, 0.15) is 6.10 Å². The lowest BCUT2D eigenvalue weighted by molar-refractivity contribution is -0.161. The lowest BCUT2D eigenvalue weighted by atomic mass is 9.46. The van der Waals surface area contributed by atoms with Gasteiger partial charge in [-0.2, -0.15) is 0 Å². The zero-order valence-electron chi connectivity index (χ0n) is 16.8. The van der Waals surface area contributed by atoms with Gasteiger partial charge in [-0.1, -0.05) is 19.4 Å². The summed E-state index contributed by atoms with van der Waals surface area (Å²) in [5, 5.41) is 0. The van der Waals surface area contributed by atoms with Crippen molar-refractivity contribution in [2.24, 2.45) is 22.7 Å². The first-order chi connectivity index (χ1) is 12.7. The summed E-state index contributed by atoms with van der Waals surface area (Å²) >= 11 is 1.72. The Hall–Kier alpha value is -1.10. The zero-order valence-corrected chi connectivity index (χ0v) is 17.6. The molecule has 4 aliphatic carbocycles. The Labute approximate surface area is 165 Å². The third kappa shape index (κ3) is 2.39. The second-order valence-electron chi connectivity index (χ2n) is 9.44. The molecular formula is C22H30O4S. The Morgan fingerprint density at radius 3 is 2.56 bits per heavy atom. The highest BCUT2D eigenvalue weighted by molar-refractivity contribution is 8.00. The normalized spacial score (nSPS) is 46.2. The fourth-order valence-electron chi connectivity index (χ4n) is 7.15. The van der Waals surface area contributed by atoms with Gasteiger partial charge in [0.05, 0.1) is 4.75 Å². The first-order valence-corrected chi connectivity index (χ1v) is 11.4. The van der Waals surface area contributed by atoms with Gasteiger partial charge in [0.25, 0.3) is 0 Å². The largest absolute Gasteiger partial charge is 0.462 e. The highest BCUT2D eigenvalue weighted by atomic mass is 32.2. The van der Waals surface area contributed by atoms with E-state index in [0.29, 0.717) is 24.5 Å². The van der Waals surface area contributed by atoms with Crippen LogP contribution in [0, 0.1) is 22.7 Å². The molecule has 4 nitrogen and oxygen atoms in total. The molecule has 0 aromatic heterocycles. The molecule has 0 radical (unpaired) electrons. The number of hydrogen-bond acceptors (Lipinski definition) is 5. The molecule has 4 rings (SSSR count). The number of Topliss-reactive ketones (excluding diaryl/α,β-unsaturated/α-hetero) is 1. The predicted molar refractivity (Wildman–Crippen MR) is 105 cm³/mol. The Kier molecular flexibility index (Phi) is 4.41. The van der Waals surface area contributed by atoms with Crippen LogP contribution in [0.25, 0.3) is 0 Å². The zero-order chi connectivity index (χ0) is 19.6. The fourth-order valence-corrected chi connectivity index (χ4v) is 8.72. The minimum absolute atomic E-state index is 0.151. The first kappa shape index (κ1) is 19.2. The summed E-state index contributed by atoms with van der Waals surface area (Å²) in [6.45, 7) is 5.86. The minimum atomic E-state index is -0.451. The lowest BCUT2D eigenvalue weighted by Crippen LogP contribution is -2.66. The molecule has 3 saturated carbocycles. The van der Waals surface area contributed by atoms with Crippen LogP contribution >= 0.6 is 11.8 Å². The third-order valence-corrected chi connectivity index (χ3v) is 10.0. The highest BCUT2D eigenvalue weighted by Gasteiger charge is 2.70. The summed E-state index contributed by atoms with van der Waals surface area (Å²) in [5.74, 6) is 0.946. The SMILES string of the molecule is CS[C@]12C(=O)C[C@]3(C)C(OC(C)=O)CC[C@H]3[C@@H]1CCC1=CC(=O)CC[C@@]12C. The quantitative estimate of drug-likeness (QED) is 0.664. The van der Waals surface area contributed by atoms with Crippen molar-refractivity contribution in [3.8, 4) is 0 Å². The van der Waals surface area contributed by atoms with Crippen LogP contribution in [-0.4, -0.2) is 34.6 Å². The van der Waals surface area contributed by atoms with E-state index in [0.717, 1.165) is 32.1 Å². The molecule has 5 heteroatoms. The molecule has 0 saturated heterocycles. The van der Waals surface area contributed by atoms with Crippen LogP contribution in [0.5, 0.6) is 0 Å². The molecule has 0 amide bonds. The molecule has 0 bridgehead atoms. The van der Waals surface area contributed by atoms with Crippen LogP contribution in [0.3, 0.4) is 0 Å². The van der Waals surface area contributed by atoms with Gasteiger partial charge in [0, 0.05) is 30.6 Å². The molecule has 27 heavy (non-hydrogen) atoms. The van der Waals surface area contributed by atoms with E-state index in [4.69, 9.17) is 4.74 Å². The number of ether oxygens (including phenoxy) is 1. The molecule has 6 atom stereocenters. The molecule has 1 unspecified atom stereocenters. The van der Waals surface area contributed by atoms with Crippen LogP contribution < -0.4 is 0 Å². The molecule has 0 aromatic carbocycles. The van der Waals surface area contributed by atoms with E-state index in [-0.39, 0.29) is 34.6 Å². The number of ketones is 2. The molecule has 0 aliphatic heterocycles. The van der Waals surface area contributed by atoms with E-state index in [2.05, 4.69) is 20.1 Å². The summed E-state index contributed by atoms with van der Waals surface area (Å²) in [6, 6.07) is 0. The van der Waals surface area contributed by atoms with E-state index in [9.17, 15) is 14.4 Å². The topological polar surface area (TPSA) is 60.4 Å². The maximum absolute atomic E-state index is 13.8. The van der Waals surface area contributed by atoms with Crippen LogP contribution in [0.4, 0.5) is 0 Å². The van der Waals surface area contributed by atoms with Crippen LogP contribution in [0.2, 0.25) is 0 Å². The van der Waals surface area contributed by atoms with E-state index >= 15 is 0 Å². The molecule has 0 heterocycles. The number of allylic oxidation sites excluding steroid dienone is 1.